The Kier molecular flexibility index (Phi) is 5.40. The number of hydrogen-bond donors (Lipinski definition) is 1. The molecule has 1 saturated heterocycles. The maximum absolute atomic E-state index is 13.9. The molecule has 1 aromatic heterocycles. The predicted octanol–water partition coefficient (Wildman–Crippen LogP) is 4.07. The Labute approximate surface area is 209 Å². The second kappa shape index (κ2) is 8.75. The van der Waals surface area contributed by atoms with Crippen molar-refractivity contribution in [3.8, 4) is 11.5 Å². The summed E-state index contributed by atoms with van der Waals surface area (Å²) in [5.41, 5.74) is 4.93. The van der Waals surface area contributed by atoms with E-state index in [0.717, 1.165) is 39.0 Å². The van der Waals surface area contributed by atoms with Gasteiger partial charge >= 0.3 is 0 Å². The fraction of sp³-hybridized carbons (Fsp3) is 0.241. The second-order valence-electron chi connectivity index (χ2n) is 9.31. The van der Waals surface area contributed by atoms with Crippen LogP contribution in [0.4, 0.5) is 0 Å². The van der Waals surface area contributed by atoms with E-state index < -0.39 is 12.1 Å². The number of para-hydroxylation sites is 1. The number of ether oxygens (including phenoxy) is 2. The summed E-state index contributed by atoms with van der Waals surface area (Å²) in [6.07, 6.45) is 0.476. The molecule has 36 heavy (non-hydrogen) atoms. The molecule has 3 aromatic carbocycles. The Morgan fingerprint density at radius 2 is 1.69 bits per heavy atom. The van der Waals surface area contributed by atoms with E-state index in [-0.39, 0.29) is 18.4 Å². The van der Waals surface area contributed by atoms with Gasteiger partial charge in [0.15, 0.2) is 0 Å². The molecule has 2 amide bonds. The lowest BCUT2D eigenvalue weighted by Gasteiger charge is -2.47. The average molecular weight is 482 g/mol. The summed E-state index contributed by atoms with van der Waals surface area (Å²) < 4.78 is 10.7. The number of aromatic amines is 1. The number of carbonyl (C=O) groups is 2. The minimum absolute atomic E-state index is 0.0331. The van der Waals surface area contributed by atoms with Gasteiger partial charge in [0.1, 0.15) is 24.1 Å². The number of hydrogen-bond acceptors (Lipinski definition) is 4. The van der Waals surface area contributed by atoms with Crippen molar-refractivity contribution in [1.29, 1.82) is 0 Å². The van der Waals surface area contributed by atoms with E-state index in [1.54, 1.807) is 24.0 Å². The number of rotatable bonds is 5. The van der Waals surface area contributed by atoms with E-state index in [9.17, 15) is 9.59 Å². The molecule has 0 bridgehead atoms. The largest absolute Gasteiger partial charge is 0.497 e. The molecule has 1 N–H and O–H groups in total. The minimum atomic E-state index is -0.576. The van der Waals surface area contributed by atoms with Crippen LogP contribution in [0.5, 0.6) is 11.5 Å². The molecule has 0 saturated carbocycles. The van der Waals surface area contributed by atoms with Gasteiger partial charge in [0, 0.05) is 29.6 Å². The van der Waals surface area contributed by atoms with Crippen molar-refractivity contribution in [2.24, 2.45) is 0 Å². The summed E-state index contributed by atoms with van der Waals surface area (Å²) in [6, 6.07) is 22.5. The summed E-state index contributed by atoms with van der Waals surface area (Å²) in [6.45, 7) is 0.418. The van der Waals surface area contributed by atoms with E-state index >= 15 is 0 Å². The maximum atomic E-state index is 13.9. The number of H-pyrrole nitrogens is 1. The van der Waals surface area contributed by atoms with Gasteiger partial charge in [-0.25, -0.2) is 0 Å². The van der Waals surface area contributed by atoms with E-state index in [1.165, 1.54) is 0 Å². The Morgan fingerprint density at radius 3 is 2.47 bits per heavy atom. The highest BCUT2D eigenvalue weighted by Crippen LogP contribution is 2.43. The third kappa shape index (κ3) is 3.59. The Balaban J connectivity index is 1.42. The zero-order chi connectivity index (χ0) is 24.8. The second-order valence-corrected chi connectivity index (χ2v) is 9.31. The highest BCUT2D eigenvalue weighted by molar-refractivity contribution is 5.97. The van der Waals surface area contributed by atoms with Crippen LogP contribution in [0.15, 0.2) is 72.8 Å². The number of fused-ring (bicyclic) bond motifs is 4. The zero-order valence-electron chi connectivity index (χ0n) is 20.2. The zero-order valence-corrected chi connectivity index (χ0v) is 20.2. The molecule has 3 heterocycles. The van der Waals surface area contributed by atoms with Crippen LogP contribution in [-0.2, 0) is 22.6 Å². The number of benzene rings is 3. The average Bonchev–Trinajstić information content (AvgIpc) is 3.29. The van der Waals surface area contributed by atoms with Gasteiger partial charge in [-0.1, -0.05) is 42.5 Å². The summed E-state index contributed by atoms with van der Waals surface area (Å²) in [7, 11) is 3.25. The summed E-state index contributed by atoms with van der Waals surface area (Å²) in [4.78, 5) is 34.6. The van der Waals surface area contributed by atoms with Gasteiger partial charge in [0.05, 0.1) is 20.3 Å². The van der Waals surface area contributed by atoms with Crippen molar-refractivity contribution < 1.29 is 19.1 Å². The van der Waals surface area contributed by atoms with Gasteiger partial charge in [0.2, 0.25) is 11.8 Å². The standard InChI is InChI=1S/C29H27N3O4/c1-35-20-12-10-18(11-13-20)16-31-17-26(33)32-25(29(31)34)15-23-22-8-3-4-9-24(22)30-27(23)28(32)19-6-5-7-21(14-19)36-2/h3-14,25,28,30H,15-17H2,1-2H3/t25-,28?/m0/s1. The number of aromatic nitrogens is 1. The lowest BCUT2D eigenvalue weighted by atomic mass is 9.86. The number of methoxy groups -OCH3 is 2. The van der Waals surface area contributed by atoms with Gasteiger partial charge in [0.25, 0.3) is 0 Å². The van der Waals surface area contributed by atoms with Crippen LogP contribution in [0.2, 0.25) is 0 Å². The van der Waals surface area contributed by atoms with Crippen molar-refractivity contribution in [2.45, 2.75) is 25.0 Å². The van der Waals surface area contributed by atoms with Crippen molar-refractivity contribution in [1.82, 2.24) is 14.8 Å². The molecule has 2 aliphatic rings. The highest BCUT2D eigenvalue weighted by atomic mass is 16.5. The first-order chi connectivity index (χ1) is 17.6. The molecule has 2 aliphatic heterocycles. The van der Waals surface area contributed by atoms with Crippen LogP contribution in [0, 0.1) is 0 Å². The van der Waals surface area contributed by atoms with E-state index in [2.05, 4.69) is 11.1 Å². The minimum Gasteiger partial charge on any atom is -0.497 e. The Hall–Kier alpha value is -4.26. The van der Waals surface area contributed by atoms with E-state index in [0.29, 0.717) is 18.7 Å². The number of piperazine rings is 1. The topological polar surface area (TPSA) is 74.9 Å². The fourth-order valence-electron chi connectivity index (χ4n) is 5.57. The molecule has 1 unspecified atom stereocenters. The van der Waals surface area contributed by atoms with Crippen molar-refractivity contribution in [2.75, 3.05) is 20.8 Å². The van der Waals surface area contributed by atoms with Gasteiger partial charge in [-0.05, 0) is 47.0 Å². The fourth-order valence-corrected chi connectivity index (χ4v) is 5.57. The third-order valence-electron chi connectivity index (χ3n) is 7.28. The normalized spacial score (nSPS) is 19.3. The molecule has 182 valence electrons. The van der Waals surface area contributed by atoms with Gasteiger partial charge in [-0.2, -0.15) is 0 Å². The molecule has 0 radical (unpaired) electrons. The molecule has 2 atom stereocenters. The van der Waals surface area contributed by atoms with Crippen LogP contribution in [0.25, 0.3) is 10.9 Å². The number of carbonyl (C=O) groups excluding carboxylic acids is 2. The lowest BCUT2D eigenvalue weighted by molar-refractivity contribution is -0.159. The van der Waals surface area contributed by atoms with Gasteiger partial charge < -0.3 is 24.3 Å². The van der Waals surface area contributed by atoms with Crippen molar-refractivity contribution >= 4 is 22.7 Å². The number of nitrogens with one attached hydrogen (secondary N) is 1. The predicted molar refractivity (Wildman–Crippen MR) is 136 cm³/mol. The van der Waals surface area contributed by atoms with Crippen LogP contribution in [0.3, 0.4) is 0 Å². The molecule has 7 nitrogen and oxygen atoms in total. The first kappa shape index (κ1) is 22.2. The Morgan fingerprint density at radius 1 is 0.917 bits per heavy atom. The molecule has 7 heteroatoms. The van der Waals surface area contributed by atoms with Crippen LogP contribution < -0.4 is 9.47 Å². The lowest BCUT2D eigenvalue weighted by Crippen LogP contribution is -2.62. The quantitative estimate of drug-likeness (QED) is 0.466. The van der Waals surface area contributed by atoms with Crippen molar-refractivity contribution in [3.05, 3.63) is 95.2 Å². The smallest absolute Gasteiger partial charge is 0.246 e. The molecular weight excluding hydrogens is 454 g/mol. The first-order valence-electron chi connectivity index (χ1n) is 12.0. The maximum Gasteiger partial charge on any atom is 0.246 e. The molecule has 0 aliphatic carbocycles. The highest BCUT2D eigenvalue weighted by Gasteiger charge is 2.48. The first-order valence-corrected chi connectivity index (χ1v) is 12.0. The van der Waals surface area contributed by atoms with Crippen LogP contribution in [0.1, 0.15) is 28.4 Å². The molecular formula is C29H27N3O4. The number of nitrogens with zero attached hydrogens (tertiary/aromatic N) is 2. The third-order valence-corrected chi connectivity index (χ3v) is 7.28. The monoisotopic (exact) mass is 481 g/mol. The molecule has 4 aromatic rings. The molecule has 0 spiro atoms. The van der Waals surface area contributed by atoms with Crippen LogP contribution in [-0.4, -0.2) is 53.4 Å². The summed E-state index contributed by atoms with van der Waals surface area (Å²) in [5, 5.41) is 1.09. The van der Waals surface area contributed by atoms with Crippen molar-refractivity contribution in [3.63, 3.8) is 0 Å². The van der Waals surface area contributed by atoms with Gasteiger partial charge in [-0.3, -0.25) is 9.59 Å². The van der Waals surface area contributed by atoms with Gasteiger partial charge in [-0.15, -0.1) is 0 Å². The summed E-state index contributed by atoms with van der Waals surface area (Å²) in [5.74, 6) is 1.37. The Bertz CT molecular complexity index is 1460. The van der Waals surface area contributed by atoms with E-state index in [4.69, 9.17) is 9.47 Å². The van der Waals surface area contributed by atoms with Crippen LogP contribution >= 0.6 is 0 Å². The van der Waals surface area contributed by atoms with E-state index in [1.807, 2.05) is 66.7 Å². The molecule has 6 rings (SSSR count). The molecule has 1 fully saturated rings. The summed E-state index contributed by atoms with van der Waals surface area (Å²) >= 11 is 0. The number of amides is 2. The SMILES string of the molecule is COc1ccc(CN2CC(=O)N3C(c4cccc(OC)c4)c4[nH]c5ccccc5c4C[C@H]3C2=O)cc1.